The highest BCUT2D eigenvalue weighted by atomic mass is 16.3. The molecule has 100 valence electrons. The molecule has 0 saturated carbocycles. The summed E-state index contributed by atoms with van der Waals surface area (Å²) in [7, 11) is 0. The largest absolute Gasteiger partial charge is 0.508 e. The Morgan fingerprint density at radius 3 is 2.26 bits per heavy atom. The van der Waals surface area contributed by atoms with Crippen molar-refractivity contribution in [3.8, 4) is 5.75 Å². The SMILES string of the molecule is CCc1ccccc1CNC(C)c1ccc(O)cc1. The first kappa shape index (κ1) is 13.6. The predicted octanol–water partition coefficient (Wildman–Crippen LogP) is 3.81. The molecule has 2 heteroatoms. The molecule has 0 aliphatic rings. The monoisotopic (exact) mass is 255 g/mol. The van der Waals surface area contributed by atoms with Crippen LogP contribution in [0.4, 0.5) is 0 Å². The normalized spacial score (nSPS) is 12.3. The number of hydrogen-bond acceptors (Lipinski definition) is 2. The number of phenols is 1. The van der Waals surface area contributed by atoms with Crippen LogP contribution in [0.25, 0.3) is 0 Å². The quantitative estimate of drug-likeness (QED) is 0.851. The van der Waals surface area contributed by atoms with Gasteiger partial charge in [0.1, 0.15) is 5.75 Å². The third-order valence-electron chi connectivity index (χ3n) is 3.49. The van der Waals surface area contributed by atoms with Crippen LogP contribution >= 0.6 is 0 Å². The summed E-state index contributed by atoms with van der Waals surface area (Å²) in [4.78, 5) is 0. The van der Waals surface area contributed by atoms with Gasteiger partial charge in [-0.25, -0.2) is 0 Å². The van der Waals surface area contributed by atoms with Crippen LogP contribution in [-0.4, -0.2) is 5.11 Å². The summed E-state index contributed by atoms with van der Waals surface area (Å²) in [6, 6.07) is 16.2. The van der Waals surface area contributed by atoms with Gasteiger partial charge in [0.05, 0.1) is 0 Å². The van der Waals surface area contributed by atoms with E-state index in [4.69, 9.17) is 0 Å². The second-order valence-corrected chi connectivity index (χ2v) is 4.82. The van der Waals surface area contributed by atoms with Crippen molar-refractivity contribution in [3.05, 3.63) is 65.2 Å². The van der Waals surface area contributed by atoms with E-state index in [-0.39, 0.29) is 6.04 Å². The Morgan fingerprint density at radius 2 is 1.63 bits per heavy atom. The molecule has 2 aromatic carbocycles. The number of aromatic hydroxyl groups is 1. The van der Waals surface area contributed by atoms with Gasteiger partial charge in [-0.2, -0.15) is 0 Å². The number of benzene rings is 2. The third-order valence-corrected chi connectivity index (χ3v) is 3.49. The first-order valence-corrected chi connectivity index (χ1v) is 6.79. The van der Waals surface area contributed by atoms with Gasteiger partial charge in [-0.05, 0) is 42.2 Å². The summed E-state index contributed by atoms with van der Waals surface area (Å²) in [5.41, 5.74) is 3.94. The molecule has 2 rings (SSSR count). The third kappa shape index (κ3) is 3.58. The summed E-state index contributed by atoms with van der Waals surface area (Å²) in [6.45, 7) is 5.19. The van der Waals surface area contributed by atoms with Crippen molar-refractivity contribution in [1.82, 2.24) is 5.32 Å². The Balaban J connectivity index is 2.00. The molecule has 0 aliphatic carbocycles. The Hall–Kier alpha value is -1.80. The summed E-state index contributed by atoms with van der Waals surface area (Å²) in [6.07, 6.45) is 1.06. The van der Waals surface area contributed by atoms with E-state index < -0.39 is 0 Å². The summed E-state index contributed by atoms with van der Waals surface area (Å²) < 4.78 is 0. The van der Waals surface area contributed by atoms with E-state index in [1.165, 1.54) is 16.7 Å². The molecule has 2 N–H and O–H groups in total. The van der Waals surface area contributed by atoms with Crippen LogP contribution in [-0.2, 0) is 13.0 Å². The lowest BCUT2D eigenvalue weighted by atomic mass is 10.0. The molecular formula is C17H21NO. The van der Waals surface area contributed by atoms with Crippen molar-refractivity contribution in [2.45, 2.75) is 32.9 Å². The van der Waals surface area contributed by atoms with E-state index in [9.17, 15) is 5.11 Å². The maximum absolute atomic E-state index is 9.29. The minimum absolute atomic E-state index is 0.269. The lowest BCUT2D eigenvalue weighted by Gasteiger charge is -2.16. The average Bonchev–Trinajstić information content (AvgIpc) is 2.45. The topological polar surface area (TPSA) is 32.3 Å². The zero-order chi connectivity index (χ0) is 13.7. The molecule has 1 unspecified atom stereocenters. The van der Waals surface area contributed by atoms with Gasteiger partial charge in [-0.3, -0.25) is 0 Å². The van der Waals surface area contributed by atoms with Gasteiger partial charge < -0.3 is 10.4 Å². The molecule has 0 radical (unpaired) electrons. The highest BCUT2D eigenvalue weighted by Crippen LogP contribution is 2.17. The fourth-order valence-electron chi connectivity index (χ4n) is 2.22. The van der Waals surface area contributed by atoms with E-state index in [1.54, 1.807) is 12.1 Å². The number of phenolic OH excluding ortho intramolecular Hbond substituents is 1. The Labute approximate surface area is 115 Å². The summed E-state index contributed by atoms with van der Waals surface area (Å²) in [5.74, 6) is 0.312. The molecule has 0 saturated heterocycles. The van der Waals surface area contributed by atoms with Crippen molar-refractivity contribution in [2.24, 2.45) is 0 Å². The first-order valence-electron chi connectivity index (χ1n) is 6.79. The van der Waals surface area contributed by atoms with Gasteiger partial charge in [0, 0.05) is 12.6 Å². The van der Waals surface area contributed by atoms with Gasteiger partial charge >= 0.3 is 0 Å². The molecule has 0 aromatic heterocycles. The number of nitrogens with one attached hydrogen (secondary N) is 1. The second-order valence-electron chi connectivity index (χ2n) is 4.82. The van der Waals surface area contributed by atoms with Crippen LogP contribution in [0, 0.1) is 0 Å². The molecule has 0 spiro atoms. The standard InChI is InChI=1S/C17H21NO/c1-3-14-6-4-5-7-16(14)12-18-13(2)15-8-10-17(19)11-9-15/h4-11,13,18-19H,3,12H2,1-2H3. The summed E-state index contributed by atoms with van der Waals surface area (Å²) in [5, 5.41) is 12.8. The van der Waals surface area contributed by atoms with Crippen LogP contribution in [0.2, 0.25) is 0 Å². The number of rotatable bonds is 5. The van der Waals surface area contributed by atoms with Gasteiger partial charge in [-0.1, -0.05) is 43.3 Å². The van der Waals surface area contributed by atoms with Crippen molar-refractivity contribution >= 4 is 0 Å². The first-order chi connectivity index (χ1) is 9.20. The molecule has 0 fully saturated rings. The van der Waals surface area contributed by atoms with E-state index >= 15 is 0 Å². The van der Waals surface area contributed by atoms with E-state index in [0.29, 0.717) is 5.75 Å². The van der Waals surface area contributed by atoms with Gasteiger partial charge in [-0.15, -0.1) is 0 Å². The molecule has 0 aliphatic heterocycles. The van der Waals surface area contributed by atoms with Crippen molar-refractivity contribution in [3.63, 3.8) is 0 Å². The lowest BCUT2D eigenvalue weighted by molar-refractivity contribution is 0.474. The molecule has 0 bridgehead atoms. The fraction of sp³-hybridized carbons (Fsp3) is 0.294. The van der Waals surface area contributed by atoms with Gasteiger partial charge in [0.25, 0.3) is 0 Å². The molecule has 0 heterocycles. The second kappa shape index (κ2) is 6.39. The fourth-order valence-corrected chi connectivity index (χ4v) is 2.22. The van der Waals surface area contributed by atoms with Crippen LogP contribution in [0.5, 0.6) is 5.75 Å². The van der Waals surface area contributed by atoms with E-state index in [1.807, 2.05) is 12.1 Å². The van der Waals surface area contributed by atoms with Crippen LogP contribution in [0.3, 0.4) is 0 Å². The zero-order valence-electron chi connectivity index (χ0n) is 11.6. The molecule has 2 nitrogen and oxygen atoms in total. The Bertz CT molecular complexity index is 519. The Kier molecular flexibility index (Phi) is 4.58. The van der Waals surface area contributed by atoms with Crippen LogP contribution in [0.15, 0.2) is 48.5 Å². The lowest BCUT2D eigenvalue weighted by Crippen LogP contribution is -2.18. The predicted molar refractivity (Wildman–Crippen MR) is 79.2 cm³/mol. The zero-order valence-corrected chi connectivity index (χ0v) is 11.6. The average molecular weight is 255 g/mol. The molecule has 0 amide bonds. The van der Waals surface area contributed by atoms with Crippen LogP contribution < -0.4 is 5.32 Å². The number of hydrogen-bond donors (Lipinski definition) is 2. The smallest absolute Gasteiger partial charge is 0.115 e. The van der Waals surface area contributed by atoms with Crippen molar-refractivity contribution < 1.29 is 5.11 Å². The van der Waals surface area contributed by atoms with Gasteiger partial charge in [0.15, 0.2) is 0 Å². The van der Waals surface area contributed by atoms with Gasteiger partial charge in [0.2, 0.25) is 0 Å². The maximum atomic E-state index is 9.29. The van der Waals surface area contributed by atoms with Crippen molar-refractivity contribution in [2.75, 3.05) is 0 Å². The highest BCUT2D eigenvalue weighted by molar-refractivity contribution is 5.29. The molecular weight excluding hydrogens is 234 g/mol. The molecule has 19 heavy (non-hydrogen) atoms. The highest BCUT2D eigenvalue weighted by Gasteiger charge is 2.06. The summed E-state index contributed by atoms with van der Waals surface area (Å²) >= 11 is 0. The van der Waals surface area contributed by atoms with Crippen LogP contribution in [0.1, 0.15) is 36.6 Å². The Morgan fingerprint density at radius 1 is 1.00 bits per heavy atom. The van der Waals surface area contributed by atoms with E-state index in [0.717, 1.165) is 13.0 Å². The maximum Gasteiger partial charge on any atom is 0.115 e. The minimum Gasteiger partial charge on any atom is -0.508 e. The number of aryl methyl sites for hydroxylation is 1. The molecule has 1 atom stereocenters. The minimum atomic E-state index is 0.269. The molecule has 2 aromatic rings. The van der Waals surface area contributed by atoms with E-state index in [2.05, 4.69) is 43.4 Å². The van der Waals surface area contributed by atoms with Crippen molar-refractivity contribution in [1.29, 1.82) is 0 Å².